The van der Waals surface area contributed by atoms with Gasteiger partial charge in [-0.1, -0.05) is 12.1 Å². The predicted octanol–water partition coefficient (Wildman–Crippen LogP) is 3.81. The molecule has 0 atom stereocenters. The SMILES string of the molecule is Cc1ccc(C(F)(F)C2CC2)cc1C. The van der Waals surface area contributed by atoms with Crippen molar-refractivity contribution >= 4 is 0 Å². The molecular formula is C12H14F2. The van der Waals surface area contributed by atoms with Crippen LogP contribution in [0, 0.1) is 19.8 Å². The van der Waals surface area contributed by atoms with Crippen LogP contribution in [0.2, 0.25) is 0 Å². The Morgan fingerprint density at radius 2 is 1.79 bits per heavy atom. The summed E-state index contributed by atoms with van der Waals surface area (Å²) in [6, 6.07) is 4.95. The highest BCUT2D eigenvalue weighted by Gasteiger charge is 2.47. The lowest BCUT2D eigenvalue weighted by molar-refractivity contribution is -0.0286. The maximum atomic E-state index is 13.7. The summed E-state index contributed by atoms with van der Waals surface area (Å²) in [6.45, 7) is 3.82. The number of hydrogen-bond donors (Lipinski definition) is 0. The fourth-order valence-electron chi connectivity index (χ4n) is 1.63. The fraction of sp³-hybridized carbons (Fsp3) is 0.500. The van der Waals surface area contributed by atoms with Crippen molar-refractivity contribution in [3.8, 4) is 0 Å². The second-order valence-electron chi connectivity index (χ2n) is 4.20. The van der Waals surface area contributed by atoms with E-state index in [2.05, 4.69) is 0 Å². The molecule has 0 radical (unpaired) electrons. The summed E-state index contributed by atoms with van der Waals surface area (Å²) in [4.78, 5) is 0. The van der Waals surface area contributed by atoms with Crippen LogP contribution in [0.15, 0.2) is 18.2 Å². The van der Waals surface area contributed by atoms with E-state index in [9.17, 15) is 8.78 Å². The molecule has 1 aliphatic rings. The highest BCUT2D eigenvalue weighted by Crippen LogP contribution is 2.49. The standard InChI is InChI=1S/C12H14F2/c1-8-3-4-11(7-9(8)2)12(13,14)10-5-6-10/h3-4,7,10H,5-6H2,1-2H3. The second-order valence-corrected chi connectivity index (χ2v) is 4.20. The Hall–Kier alpha value is -0.920. The number of aryl methyl sites for hydroxylation is 2. The summed E-state index contributed by atoms with van der Waals surface area (Å²) < 4.78 is 27.3. The molecule has 0 unspecified atom stereocenters. The number of alkyl halides is 2. The molecule has 14 heavy (non-hydrogen) atoms. The van der Waals surface area contributed by atoms with Gasteiger partial charge in [-0.2, -0.15) is 0 Å². The topological polar surface area (TPSA) is 0 Å². The van der Waals surface area contributed by atoms with Crippen molar-refractivity contribution in [1.82, 2.24) is 0 Å². The van der Waals surface area contributed by atoms with Crippen LogP contribution in [0.3, 0.4) is 0 Å². The molecule has 2 rings (SSSR count). The predicted molar refractivity (Wildman–Crippen MR) is 52.5 cm³/mol. The minimum atomic E-state index is -2.61. The van der Waals surface area contributed by atoms with E-state index >= 15 is 0 Å². The van der Waals surface area contributed by atoms with Crippen LogP contribution in [0.25, 0.3) is 0 Å². The van der Waals surface area contributed by atoms with E-state index < -0.39 is 11.8 Å². The zero-order chi connectivity index (χ0) is 10.3. The highest BCUT2D eigenvalue weighted by atomic mass is 19.3. The molecule has 0 nitrogen and oxygen atoms in total. The van der Waals surface area contributed by atoms with Gasteiger partial charge in [-0.3, -0.25) is 0 Å². The van der Waals surface area contributed by atoms with Gasteiger partial charge in [0.15, 0.2) is 0 Å². The molecule has 0 amide bonds. The Bertz CT molecular complexity index is 351. The van der Waals surface area contributed by atoms with E-state index in [4.69, 9.17) is 0 Å². The molecule has 0 saturated heterocycles. The largest absolute Gasteiger partial charge is 0.276 e. The third-order valence-corrected chi connectivity index (χ3v) is 2.98. The smallest absolute Gasteiger partial charge is 0.201 e. The number of hydrogen-bond acceptors (Lipinski definition) is 0. The third-order valence-electron chi connectivity index (χ3n) is 2.98. The van der Waals surface area contributed by atoms with Gasteiger partial charge in [-0.05, 0) is 43.9 Å². The first-order valence-corrected chi connectivity index (χ1v) is 4.97. The maximum absolute atomic E-state index is 13.7. The molecule has 0 bridgehead atoms. The maximum Gasteiger partial charge on any atom is 0.276 e. The Balaban J connectivity index is 2.36. The minimum Gasteiger partial charge on any atom is -0.201 e. The van der Waals surface area contributed by atoms with Gasteiger partial charge in [0.2, 0.25) is 0 Å². The summed E-state index contributed by atoms with van der Waals surface area (Å²) >= 11 is 0. The van der Waals surface area contributed by atoms with Crippen molar-refractivity contribution in [2.24, 2.45) is 5.92 Å². The van der Waals surface area contributed by atoms with Crippen molar-refractivity contribution in [3.63, 3.8) is 0 Å². The summed E-state index contributed by atoms with van der Waals surface area (Å²) in [7, 11) is 0. The molecule has 0 spiro atoms. The molecule has 1 fully saturated rings. The molecule has 1 saturated carbocycles. The van der Waals surface area contributed by atoms with E-state index in [0.29, 0.717) is 12.8 Å². The summed E-state index contributed by atoms with van der Waals surface area (Å²) in [5, 5.41) is 0. The van der Waals surface area contributed by atoms with Crippen LogP contribution >= 0.6 is 0 Å². The molecule has 1 aromatic carbocycles. The summed E-state index contributed by atoms with van der Waals surface area (Å²) in [6.07, 6.45) is 1.33. The molecule has 0 heterocycles. The average Bonchev–Trinajstić information content (AvgIpc) is 2.92. The van der Waals surface area contributed by atoms with Crippen LogP contribution in [0.4, 0.5) is 8.78 Å². The first-order chi connectivity index (χ1) is 6.51. The van der Waals surface area contributed by atoms with E-state index in [1.165, 1.54) is 0 Å². The molecule has 76 valence electrons. The van der Waals surface area contributed by atoms with Crippen molar-refractivity contribution in [2.75, 3.05) is 0 Å². The van der Waals surface area contributed by atoms with Gasteiger partial charge in [-0.25, -0.2) is 8.78 Å². The van der Waals surface area contributed by atoms with Crippen LogP contribution in [-0.2, 0) is 5.92 Å². The molecular weight excluding hydrogens is 182 g/mol. The Morgan fingerprint density at radius 3 is 2.29 bits per heavy atom. The zero-order valence-electron chi connectivity index (χ0n) is 8.48. The van der Waals surface area contributed by atoms with Crippen molar-refractivity contribution < 1.29 is 8.78 Å². The first-order valence-electron chi connectivity index (χ1n) is 4.97. The van der Waals surface area contributed by atoms with Crippen molar-refractivity contribution in [3.05, 3.63) is 34.9 Å². The molecule has 0 aliphatic heterocycles. The van der Waals surface area contributed by atoms with Crippen LogP contribution < -0.4 is 0 Å². The second kappa shape index (κ2) is 3.04. The van der Waals surface area contributed by atoms with Crippen molar-refractivity contribution in [2.45, 2.75) is 32.6 Å². The third kappa shape index (κ3) is 1.54. The average molecular weight is 196 g/mol. The van der Waals surface area contributed by atoms with Gasteiger partial charge >= 0.3 is 0 Å². The van der Waals surface area contributed by atoms with Crippen molar-refractivity contribution in [1.29, 1.82) is 0 Å². The Kier molecular flexibility index (Phi) is 2.09. The van der Waals surface area contributed by atoms with E-state index in [1.54, 1.807) is 18.2 Å². The number of benzene rings is 1. The Labute approximate surface area is 82.9 Å². The van der Waals surface area contributed by atoms with E-state index in [1.807, 2.05) is 13.8 Å². The van der Waals surface area contributed by atoms with Gasteiger partial charge in [0.1, 0.15) is 0 Å². The quantitative estimate of drug-likeness (QED) is 0.674. The van der Waals surface area contributed by atoms with E-state index in [-0.39, 0.29) is 5.56 Å². The lowest BCUT2D eigenvalue weighted by atomic mass is 9.99. The lowest BCUT2D eigenvalue weighted by Crippen LogP contribution is -2.16. The van der Waals surface area contributed by atoms with Gasteiger partial charge in [0, 0.05) is 11.5 Å². The van der Waals surface area contributed by atoms with Gasteiger partial charge in [0.05, 0.1) is 0 Å². The highest BCUT2D eigenvalue weighted by molar-refractivity contribution is 5.33. The molecule has 1 aromatic rings. The van der Waals surface area contributed by atoms with E-state index in [0.717, 1.165) is 11.1 Å². The normalized spacial score (nSPS) is 17.1. The fourth-order valence-corrected chi connectivity index (χ4v) is 1.63. The number of rotatable bonds is 2. The monoisotopic (exact) mass is 196 g/mol. The van der Waals surface area contributed by atoms with Gasteiger partial charge < -0.3 is 0 Å². The van der Waals surface area contributed by atoms with Crippen LogP contribution in [0.5, 0.6) is 0 Å². The molecule has 2 heteroatoms. The number of halogens is 2. The molecule has 0 aromatic heterocycles. The zero-order valence-corrected chi connectivity index (χ0v) is 8.48. The molecule has 1 aliphatic carbocycles. The summed E-state index contributed by atoms with van der Waals surface area (Å²) in [5.74, 6) is -3.03. The summed E-state index contributed by atoms with van der Waals surface area (Å²) in [5.41, 5.74) is 2.20. The van der Waals surface area contributed by atoms with Crippen LogP contribution in [-0.4, -0.2) is 0 Å². The first kappa shape index (κ1) is 9.63. The van der Waals surface area contributed by atoms with Crippen LogP contribution in [0.1, 0.15) is 29.5 Å². The Morgan fingerprint density at radius 1 is 1.14 bits per heavy atom. The minimum absolute atomic E-state index is 0.183. The van der Waals surface area contributed by atoms with Gasteiger partial charge in [-0.15, -0.1) is 0 Å². The van der Waals surface area contributed by atoms with Gasteiger partial charge in [0.25, 0.3) is 5.92 Å². The lowest BCUT2D eigenvalue weighted by Gasteiger charge is -2.16. The molecule has 0 N–H and O–H groups in total.